The van der Waals surface area contributed by atoms with Gasteiger partial charge in [0.1, 0.15) is 5.25 Å². The Bertz CT molecular complexity index is 394. The minimum absolute atomic E-state index is 0.231. The summed E-state index contributed by atoms with van der Waals surface area (Å²) >= 11 is 1.41. The van der Waals surface area contributed by atoms with Crippen molar-refractivity contribution >= 4 is 23.4 Å². The van der Waals surface area contributed by atoms with Gasteiger partial charge in [-0.1, -0.05) is 18.2 Å². The van der Waals surface area contributed by atoms with Gasteiger partial charge in [0, 0.05) is 11.4 Å². The van der Waals surface area contributed by atoms with Crippen LogP contribution in [0.5, 0.6) is 0 Å². The highest BCUT2D eigenvalue weighted by Crippen LogP contribution is 2.30. The standard InChI is InChI=1S/C12H15NO3S/c1-12(15)10(17-8-7-16-12)11(14)13-9-5-3-2-4-6-9/h2-6,10,15H,7-8H2,1H3,(H,13,14). The van der Waals surface area contributed by atoms with Crippen LogP contribution >= 0.6 is 11.8 Å². The molecule has 5 heteroatoms. The molecule has 1 amide bonds. The number of rotatable bonds is 2. The third kappa shape index (κ3) is 3.00. The topological polar surface area (TPSA) is 58.6 Å². The first-order valence-corrected chi connectivity index (χ1v) is 6.48. The number of aliphatic hydroxyl groups is 1. The van der Waals surface area contributed by atoms with E-state index in [0.29, 0.717) is 12.4 Å². The Hall–Kier alpha value is -1.04. The second-order valence-electron chi connectivity index (χ2n) is 4.01. The fourth-order valence-corrected chi connectivity index (χ4v) is 2.70. The fraction of sp³-hybridized carbons (Fsp3) is 0.417. The highest BCUT2D eigenvalue weighted by molar-refractivity contribution is 8.00. The monoisotopic (exact) mass is 253 g/mol. The van der Waals surface area contributed by atoms with Gasteiger partial charge in [0.05, 0.1) is 6.61 Å². The van der Waals surface area contributed by atoms with Crippen LogP contribution in [-0.2, 0) is 9.53 Å². The minimum atomic E-state index is -1.40. The lowest BCUT2D eigenvalue weighted by Crippen LogP contribution is -2.50. The van der Waals surface area contributed by atoms with Gasteiger partial charge in [-0.2, -0.15) is 0 Å². The molecule has 2 atom stereocenters. The van der Waals surface area contributed by atoms with Crippen LogP contribution in [0.25, 0.3) is 0 Å². The molecule has 1 aliphatic heterocycles. The summed E-state index contributed by atoms with van der Waals surface area (Å²) in [5, 5.41) is 12.1. The molecular formula is C12H15NO3S. The molecule has 1 heterocycles. The van der Waals surface area contributed by atoms with Crippen LogP contribution in [0.2, 0.25) is 0 Å². The second-order valence-corrected chi connectivity index (χ2v) is 5.22. The number of anilines is 1. The normalized spacial score (nSPS) is 28.7. The Balaban J connectivity index is 2.04. The molecule has 1 aromatic carbocycles. The summed E-state index contributed by atoms with van der Waals surface area (Å²) in [5.74, 6) is -0.920. The predicted octanol–water partition coefficient (Wildman–Crippen LogP) is 1.47. The first-order chi connectivity index (χ1) is 8.09. The van der Waals surface area contributed by atoms with Gasteiger partial charge in [0.2, 0.25) is 5.91 Å². The smallest absolute Gasteiger partial charge is 0.243 e. The van der Waals surface area contributed by atoms with E-state index < -0.39 is 11.0 Å². The summed E-state index contributed by atoms with van der Waals surface area (Å²) in [6.45, 7) is 1.99. The Morgan fingerprint density at radius 1 is 1.53 bits per heavy atom. The van der Waals surface area contributed by atoms with E-state index in [2.05, 4.69) is 5.32 Å². The zero-order valence-corrected chi connectivity index (χ0v) is 10.4. The van der Waals surface area contributed by atoms with Gasteiger partial charge in [0.15, 0.2) is 5.79 Å². The van der Waals surface area contributed by atoms with Crippen LogP contribution in [0.15, 0.2) is 30.3 Å². The van der Waals surface area contributed by atoms with E-state index in [1.54, 1.807) is 12.1 Å². The van der Waals surface area contributed by atoms with Crippen LogP contribution in [0, 0.1) is 0 Å². The average Bonchev–Trinajstić information content (AvgIpc) is 2.29. The van der Waals surface area contributed by atoms with Crippen molar-refractivity contribution in [2.24, 2.45) is 0 Å². The van der Waals surface area contributed by atoms with Crippen LogP contribution in [-0.4, -0.2) is 34.4 Å². The Labute approximate surface area is 104 Å². The number of para-hydroxylation sites is 1. The molecule has 0 aliphatic carbocycles. The number of benzene rings is 1. The van der Waals surface area contributed by atoms with E-state index in [1.807, 2.05) is 18.2 Å². The Morgan fingerprint density at radius 3 is 2.88 bits per heavy atom. The second kappa shape index (κ2) is 5.08. The van der Waals surface area contributed by atoms with Gasteiger partial charge >= 0.3 is 0 Å². The minimum Gasteiger partial charge on any atom is -0.364 e. The molecule has 2 rings (SSSR count). The largest absolute Gasteiger partial charge is 0.364 e. The lowest BCUT2D eigenvalue weighted by Gasteiger charge is -2.35. The Kier molecular flexibility index (Phi) is 3.71. The van der Waals surface area contributed by atoms with E-state index in [4.69, 9.17) is 4.74 Å². The van der Waals surface area contributed by atoms with Gasteiger partial charge < -0.3 is 15.2 Å². The molecule has 17 heavy (non-hydrogen) atoms. The zero-order chi connectivity index (χ0) is 12.3. The molecule has 1 saturated heterocycles. The van der Waals surface area contributed by atoms with Crippen molar-refractivity contribution in [1.82, 2.24) is 0 Å². The van der Waals surface area contributed by atoms with Gasteiger partial charge in [-0.15, -0.1) is 11.8 Å². The number of hydrogen-bond acceptors (Lipinski definition) is 4. The molecule has 0 bridgehead atoms. The van der Waals surface area contributed by atoms with Crippen molar-refractivity contribution in [3.8, 4) is 0 Å². The lowest BCUT2D eigenvalue weighted by molar-refractivity contribution is -0.190. The molecule has 0 aromatic heterocycles. The highest BCUT2D eigenvalue weighted by atomic mass is 32.2. The summed E-state index contributed by atoms with van der Waals surface area (Å²) in [5.41, 5.74) is 0.722. The first kappa shape index (κ1) is 12.4. The number of hydrogen-bond donors (Lipinski definition) is 2. The number of carbonyl (C=O) groups is 1. The van der Waals surface area contributed by atoms with Gasteiger partial charge in [-0.25, -0.2) is 0 Å². The van der Waals surface area contributed by atoms with E-state index >= 15 is 0 Å². The van der Waals surface area contributed by atoms with Crippen molar-refractivity contribution < 1.29 is 14.6 Å². The average molecular weight is 253 g/mol. The third-order valence-corrected chi connectivity index (χ3v) is 3.92. The molecular weight excluding hydrogens is 238 g/mol. The van der Waals surface area contributed by atoms with E-state index in [9.17, 15) is 9.90 Å². The van der Waals surface area contributed by atoms with Crippen LogP contribution < -0.4 is 5.32 Å². The van der Waals surface area contributed by atoms with E-state index in [-0.39, 0.29) is 5.91 Å². The molecule has 2 unspecified atom stereocenters. The summed E-state index contributed by atoms with van der Waals surface area (Å²) in [6, 6.07) is 9.18. The SMILES string of the molecule is CC1(O)OCCSC1C(=O)Nc1ccccc1. The molecule has 2 N–H and O–H groups in total. The molecule has 0 radical (unpaired) electrons. The maximum atomic E-state index is 12.0. The first-order valence-electron chi connectivity index (χ1n) is 5.43. The number of carbonyl (C=O) groups excluding carboxylic acids is 1. The van der Waals surface area contributed by atoms with Gasteiger partial charge in [-0.05, 0) is 19.1 Å². The summed E-state index contributed by atoms with van der Waals surface area (Å²) in [7, 11) is 0. The summed E-state index contributed by atoms with van der Waals surface area (Å²) in [4.78, 5) is 12.0. The van der Waals surface area contributed by atoms with Crippen molar-refractivity contribution in [2.45, 2.75) is 18.0 Å². The zero-order valence-electron chi connectivity index (χ0n) is 9.55. The van der Waals surface area contributed by atoms with Crippen LogP contribution in [0.1, 0.15) is 6.92 Å². The highest BCUT2D eigenvalue weighted by Gasteiger charge is 2.41. The van der Waals surface area contributed by atoms with Crippen LogP contribution in [0.4, 0.5) is 5.69 Å². The van der Waals surface area contributed by atoms with Crippen LogP contribution in [0.3, 0.4) is 0 Å². The van der Waals surface area contributed by atoms with Gasteiger partial charge in [-0.3, -0.25) is 4.79 Å². The van der Waals surface area contributed by atoms with Gasteiger partial charge in [0.25, 0.3) is 0 Å². The molecule has 1 aliphatic rings. The van der Waals surface area contributed by atoms with Crippen molar-refractivity contribution in [3.63, 3.8) is 0 Å². The molecule has 0 saturated carbocycles. The summed E-state index contributed by atoms with van der Waals surface area (Å²) in [6.07, 6.45) is 0. The third-order valence-electron chi connectivity index (χ3n) is 2.53. The lowest BCUT2D eigenvalue weighted by atomic mass is 10.2. The van der Waals surface area contributed by atoms with E-state index in [0.717, 1.165) is 5.69 Å². The number of ether oxygens (including phenoxy) is 1. The van der Waals surface area contributed by atoms with Crippen molar-refractivity contribution in [3.05, 3.63) is 30.3 Å². The quantitative estimate of drug-likeness (QED) is 0.838. The van der Waals surface area contributed by atoms with Crippen molar-refractivity contribution in [2.75, 3.05) is 17.7 Å². The molecule has 1 fully saturated rings. The van der Waals surface area contributed by atoms with Crippen molar-refractivity contribution in [1.29, 1.82) is 0 Å². The molecule has 92 valence electrons. The number of nitrogens with one attached hydrogen (secondary N) is 1. The number of thioether (sulfide) groups is 1. The maximum absolute atomic E-state index is 12.0. The van der Waals surface area contributed by atoms with E-state index in [1.165, 1.54) is 18.7 Å². The molecule has 4 nitrogen and oxygen atoms in total. The maximum Gasteiger partial charge on any atom is 0.243 e. The molecule has 1 aromatic rings. The number of amides is 1. The Morgan fingerprint density at radius 2 is 2.24 bits per heavy atom. The molecule has 0 spiro atoms. The summed E-state index contributed by atoms with van der Waals surface area (Å²) < 4.78 is 5.21. The predicted molar refractivity (Wildman–Crippen MR) is 67.9 cm³/mol. The fourth-order valence-electron chi connectivity index (χ4n) is 1.69.